The Morgan fingerprint density at radius 2 is 2.00 bits per heavy atom. The monoisotopic (exact) mass is 224 g/mol. The lowest BCUT2D eigenvalue weighted by Gasteiger charge is -2.41. The predicted octanol–water partition coefficient (Wildman–Crippen LogP) is 3.38. The average Bonchev–Trinajstić information content (AvgIpc) is 2.15. The Morgan fingerprint density at radius 1 is 1.25 bits per heavy atom. The van der Waals surface area contributed by atoms with Crippen LogP contribution in [-0.4, -0.2) is 19.0 Å². The van der Waals surface area contributed by atoms with Crippen LogP contribution in [0.3, 0.4) is 0 Å². The molecule has 0 spiro atoms. The Morgan fingerprint density at radius 3 is 2.62 bits per heavy atom. The van der Waals surface area contributed by atoms with Gasteiger partial charge in [-0.05, 0) is 38.5 Å². The van der Waals surface area contributed by atoms with E-state index in [0.29, 0.717) is 23.9 Å². The van der Waals surface area contributed by atoms with Crippen LogP contribution in [0.2, 0.25) is 0 Å². The van der Waals surface area contributed by atoms with Gasteiger partial charge in [0.05, 0.1) is 12.7 Å². The van der Waals surface area contributed by atoms with Crippen molar-refractivity contribution in [1.82, 2.24) is 0 Å². The Bertz CT molecular complexity index is 272. The van der Waals surface area contributed by atoms with Crippen LogP contribution in [0.5, 0.6) is 0 Å². The lowest BCUT2D eigenvalue weighted by Crippen LogP contribution is -2.42. The standard InChI is InChI=1S/C14H24O2/c1-9-7-10(2)13(11(3)8-9)14-15-6-5-12(4)16-14/h7,10-14H,5-6,8H2,1-4H3/t10-,11+,12-,13-,14-/m0/s1. The maximum atomic E-state index is 5.95. The van der Waals surface area contributed by atoms with Crippen LogP contribution in [0.1, 0.15) is 40.5 Å². The molecule has 2 nitrogen and oxygen atoms in total. The molecule has 1 aliphatic heterocycles. The molecule has 0 bridgehead atoms. The van der Waals surface area contributed by atoms with Gasteiger partial charge in [0.25, 0.3) is 0 Å². The van der Waals surface area contributed by atoms with Gasteiger partial charge >= 0.3 is 0 Å². The lowest BCUT2D eigenvalue weighted by molar-refractivity contribution is -0.243. The Hall–Kier alpha value is -0.340. The van der Waals surface area contributed by atoms with Crippen molar-refractivity contribution in [2.75, 3.05) is 6.61 Å². The first-order valence-electron chi connectivity index (χ1n) is 6.52. The van der Waals surface area contributed by atoms with Gasteiger partial charge in [0.15, 0.2) is 6.29 Å². The largest absolute Gasteiger partial charge is 0.352 e. The summed E-state index contributed by atoms with van der Waals surface area (Å²) in [4.78, 5) is 0. The molecule has 92 valence electrons. The zero-order valence-corrected chi connectivity index (χ0v) is 10.9. The highest BCUT2D eigenvalue weighted by Crippen LogP contribution is 2.38. The summed E-state index contributed by atoms with van der Waals surface area (Å²) in [5, 5.41) is 0. The molecule has 1 saturated heterocycles. The van der Waals surface area contributed by atoms with Crippen LogP contribution in [0, 0.1) is 17.8 Å². The number of rotatable bonds is 1. The molecule has 2 rings (SSSR count). The SMILES string of the molecule is CC1=C[C@H](C)[C@H]([C@H]2OCC[C@H](C)O2)[C@H](C)C1. The quantitative estimate of drug-likeness (QED) is 0.636. The third-order valence-corrected chi connectivity index (χ3v) is 3.94. The molecule has 1 aliphatic carbocycles. The van der Waals surface area contributed by atoms with Crippen molar-refractivity contribution in [2.45, 2.75) is 52.9 Å². The topological polar surface area (TPSA) is 18.5 Å². The molecule has 0 radical (unpaired) electrons. The maximum Gasteiger partial charge on any atom is 0.161 e. The molecular weight excluding hydrogens is 200 g/mol. The van der Waals surface area contributed by atoms with E-state index in [2.05, 4.69) is 33.8 Å². The van der Waals surface area contributed by atoms with Gasteiger partial charge in [0.2, 0.25) is 0 Å². The Balaban J connectivity index is 2.07. The number of ether oxygens (including phenoxy) is 2. The fourth-order valence-corrected chi connectivity index (χ4v) is 3.19. The first-order chi connectivity index (χ1) is 7.58. The van der Waals surface area contributed by atoms with E-state index in [1.807, 2.05) is 0 Å². The minimum Gasteiger partial charge on any atom is -0.352 e. The highest BCUT2D eigenvalue weighted by Gasteiger charge is 2.37. The van der Waals surface area contributed by atoms with Crippen molar-refractivity contribution in [2.24, 2.45) is 17.8 Å². The van der Waals surface area contributed by atoms with E-state index in [1.165, 1.54) is 12.0 Å². The van der Waals surface area contributed by atoms with Crippen LogP contribution in [0.15, 0.2) is 11.6 Å². The van der Waals surface area contributed by atoms with Gasteiger partial charge < -0.3 is 9.47 Å². The van der Waals surface area contributed by atoms with E-state index in [0.717, 1.165) is 13.0 Å². The molecule has 0 saturated carbocycles. The van der Waals surface area contributed by atoms with Gasteiger partial charge in [0.1, 0.15) is 0 Å². The molecule has 0 aromatic carbocycles. The molecule has 0 N–H and O–H groups in total. The van der Waals surface area contributed by atoms with Crippen LogP contribution in [-0.2, 0) is 9.47 Å². The van der Waals surface area contributed by atoms with Crippen molar-refractivity contribution in [3.05, 3.63) is 11.6 Å². The molecule has 2 heteroatoms. The zero-order valence-electron chi connectivity index (χ0n) is 10.9. The highest BCUT2D eigenvalue weighted by atomic mass is 16.7. The third-order valence-electron chi connectivity index (χ3n) is 3.94. The second kappa shape index (κ2) is 4.89. The normalized spacial score (nSPS) is 45.2. The molecule has 1 heterocycles. The zero-order chi connectivity index (χ0) is 11.7. The van der Waals surface area contributed by atoms with E-state index in [1.54, 1.807) is 0 Å². The molecule has 1 fully saturated rings. The Kier molecular flexibility index (Phi) is 3.70. The summed E-state index contributed by atoms with van der Waals surface area (Å²) in [6, 6.07) is 0. The van der Waals surface area contributed by atoms with Crippen LogP contribution in [0.4, 0.5) is 0 Å². The molecule has 2 aliphatic rings. The van der Waals surface area contributed by atoms with Gasteiger partial charge in [-0.2, -0.15) is 0 Å². The molecule has 0 unspecified atom stereocenters. The average molecular weight is 224 g/mol. The summed E-state index contributed by atoms with van der Waals surface area (Å²) in [5.74, 6) is 1.75. The second-order valence-corrected chi connectivity index (χ2v) is 5.61. The number of allylic oxidation sites excluding steroid dienone is 2. The second-order valence-electron chi connectivity index (χ2n) is 5.61. The molecular formula is C14H24O2. The van der Waals surface area contributed by atoms with Crippen molar-refractivity contribution in [1.29, 1.82) is 0 Å². The Labute approximate surface area is 99.0 Å². The van der Waals surface area contributed by atoms with Crippen LogP contribution in [0.25, 0.3) is 0 Å². The summed E-state index contributed by atoms with van der Waals surface area (Å²) in [6.45, 7) is 9.84. The van der Waals surface area contributed by atoms with E-state index in [9.17, 15) is 0 Å². The van der Waals surface area contributed by atoms with Crippen LogP contribution < -0.4 is 0 Å². The summed E-state index contributed by atoms with van der Waals surface area (Å²) in [5.41, 5.74) is 1.51. The summed E-state index contributed by atoms with van der Waals surface area (Å²) >= 11 is 0. The molecule has 0 amide bonds. The smallest absolute Gasteiger partial charge is 0.161 e. The molecule has 16 heavy (non-hydrogen) atoms. The third kappa shape index (κ3) is 2.49. The van der Waals surface area contributed by atoms with Gasteiger partial charge in [-0.1, -0.05) is 25.5 Å². The fraction of sp³-hybridized carbons (Fsp3) is 0.857. The number of hydrogen-bond acceptors (Lipinski definition) is 2. The first-order valence-corrected chi connectivity index (χ1v) is 6.52. The highest BCUT2D eigenvalue weighted by molar-refractivity contribution is 5.08. The summed E-state index contributed by atoms with van der Waals surface area (Å²) < 4.78 is 11.8. The summed E-state index contributed by atoms with van der Waals surface area (Å²) in [7, 11) is 0. The molecule has 0 aromatic heterocycles. The minimum atomic E-state index is 0.0121. The first kappa shape index (κ1) is 12.1. The van der Waals surface area contributed by atoms with E-state index >= 15 is 0 Å². The molecule has 5 atom stereocenters. The lowest BCUT2D eigenvalue weighted by atomic mass is 9.74. The van der Waals surface area contributed by atoms with E-state index < -0.39 is 0 Å². The molecule has 0 aromatic rings. The predicted molar refractivity (Wildman–Crippen MR) is 65.1 cm³/mol. The summed E-state index contributed by atoms with van der Waals surface area (Å²) in [6.07, 6.45) is 4.97. The van der Waals surface area contributed by atoms with Gasteiger partial charge in [-0.15, -0.1) is 0 Å². The van der Waals surface area contributed by atoms with Crippen LogP contribution >= 0.6 is 0 Å². The van der Waals surface area contributed by atoms with Crippen molar-refractivity contribution in [3.8, 4) is 0 Å². The van der Waals surface area contributed by atoms with Crippen molar-refractivity contribution >= 4 is 0 Å². The van der Waals surface area contributed by atoms with E-state index in [-0.39, 0.29) is 6.29 Å². The van der Waals surface area contributed by atoms with Crippen molar-refractivity contribution in [3.63, 3.8) is 0 Å². The van der Waals surface area contributed by atoms with Crippen molar-refractivity contribution < 1.29 is 9.47 Å². The minimum absolute atomic E-state index is 0.0121. The van der Waals surface area contributed by atoms with E-state index in [4.69, 9.17) is 9.47 Å². The fourth-order valence-electron chi connectivity index (χ4n) is 3.19. The van der Waals surface area contributed by atoms with Gasteiger partial charge in [0, 0.05) is 5.92 Å². The van der Waals surface area contributed by atoms with Gasteiger partial charge in [-0.3, -0.25) is 0 Å². The number of hydrogen-bond donors (Lipinski definition) is 0. The maximum absolute atomic E-state index is 5.95. The van der Waals surface area contributed by atoms with Gasteiger partial charge in [-0.25, -0.2) is 0 Å².